The summed E-state index contributed by atoms with van der Waals surface area (Å²) in [5, 5.41) is 0. The second kappa shape index (κ2) is 8.19. The van der Waals surface area contributed by atoms with Crippen LogP contribution in [0, 0.1) is 6.92 Å². The molecule has 1 saturated heterocycles. The van der Waals surface area contributed by atoms with Gasteiger partial charge in [-0.05, 0) is 43.0 Å². The smallest absolute Gasteiger partial charge is 0.418 e. The molecule has 1 aliphatic carbocycles. The van der Waals surface area contributed by atoms with Crippen LogP contribution < -0.4 is 4.90 Å². The van der Waals surface area contributed by atoms with Crippen LogP contribution in [0.4, 0.5) is 15.3 Å². The third kappa shape index (κ3) is 3.45. The molecule has 6 heteroatoms. The van der Waals surface area contributed by atoms with E-state index in [0.29, 0.717) is 26.2 Å². The number of benzene rings is 2. The number of amides is 2. The molecule has 0 radical (unpaired) electrons. The SMILES string of the molecule is CCOC(=O)N1C2=CC(c3ccc(C)cc3)/C(=C\N3CCOC3=O)C[C@@H]2c2ccccc21. The molecule has 32 heavy (non-hydrogen) atoms. The molecule has 1 unspecified atom stereocenters. The second-order valence-electron chi connectivity index (χ2n) is 8.34. The lowest BCUT2D eigenvalue weighted by molar-refractivity contribution is 0.161. The number of anilines is 1. The van der Waals surface area contributed by atoms with Gasteiger partial charge in [-0.1, -0.05) is 54.1 Å². The van der Waals surface area contributed by atoms with E-state index in [2.05, 4.69) is 43.3 Å². The van der Waals surface area contributed by atoms with Gasteiger partial charge < -0.3 is 9.47 Å². The Morgan fingerprint density at radius 1 is 1.19 bits per heavy atom. The van der Waals surface area contributed by atoms with E-state index in [9.17, 15) is 9.59 Å². The van der Waals surface area contributed by atoms with E-state index in [0.717, 1.165) is 28.1 Å². The van der Waals surface area contributed by atoms with E-state index in [-0.39, 0.29) is 24.0 Å². The Bertz CT molecular complexity index is 1120. The van der Waals surface area contributed by atoms with Crippen LogP contribution in [0.3, 0.4) is 0 Å². The largest absolute Gasteiger partial charge is 0.449 e. The van der Waals surface area contributed by atoms with Crippen LogP contribution in [0.1, 0.15) is 41.9 Å². The van der Waals surface area contributed by atoms with Gasteiger partial charge >= 0.3 is 12.2 Å². The van der Waals surface area contributed by atoms with Gasteiger partial charge in [0.05, 0.1) is 18.8 Å². The van der Waals surface area contributed by atoms with Crippen molar-refractivity contribution in [2.45, 2.75) is 32.1 Å². The first-order valence-corrected chi connectivity index (χ1v) is 11.0. The minimum absolute atomic E-state index is 0.0298. The highest BCUT2D eigenvalue weighted by Gasteiger charge is 2.42. The number of nitrogens with zero attached hydrogens (tertiary/aromatic N) is 2. The average molecular weight is 431 g/mol. The molecule has 0 spiro atoms. The Balaban J connectivity index is 1.63. The highest BCUT2D eigenvalue weighted by Crippen LogP contribution is 2.52. The van der Waals surface area contributed by atoms with Gasteiger partial charge in [-0.2, -0.15) is 0 Å². The molecule has 2 aromatic rings. The fourth-order valence-electron chi connectivity index (χ4n) is 4.82. The van der Waals surface area contributed by atoms with Gasteiger partial charge in [0.15, 0.2) is 0 Å². The van der Waals surface area contributed by atoms with E-state index in [4.69, 9.17) is 9.47 Å². The van der Waals surface area contributed by atoms with E-state index in [1.165, 1.54) is 5.56 Å². The van der Waals surface area contributed by atoms with Crippen LogP contribution in [0.2, 0.25) is 0 Å². The molecular weight excluding hydrogens is 404 g/mol. The molecule has 2 heterocycles. The summed E-state index contributed by atoms with van der Waals surface area (Å²) < 4.78 is 10.5. The lowest BCUT2D eigenvalue weighted by atomic mass is 9.77. The fourth-order valence-corrected chi connectivity index (χ4v) is 4.82. The number of carbonyl (C=O) groups is 2. The number of fused-ring (bicyclic) bond motifs is 3. The van der Waals surface area contributed by atoms with Gasteiger partial charge in [0.1, 0.15) is 6.61 Å². The maximum Gasteiger partial charge on any atom is 0.418 e. The van der Waals surface area contributed by atoms with E-state index >= 15 is 0 Å². The molecule has 2 aromatic carbocycles. The van der Waals surface area contributed by atoms with Crippen LogP contribution in [-0.4, -0.2) is 36.8 Å². The minimum atomic E-state index is -0.355. The molecule has 2 amide bonds. The first-order valence-electron chi connectivity index (χ1n) is 11.0. The molecular formula is C26H26N2O4. The molecule has 6 nitrogen and oxygen atoms in total. The van der Waals surface area contributed by atoms with Gasteiger partial charge in [0, 0.05) is 23.7 Å². The summed E-state index contributed by atoms with van der Waals surface area (Å²) >= 11 is 0. The minimum Gasteiger partial charge on any atom is -0.449 e. The summed E-state index contributed by atoms with van der Waals surface area (Å²) in [7, 11) is 0. The zero-order chi connectivity index (χ0) is 22.2. The van der Waals surface area contributed by atoms with Crippen LogP contribution in [0.5, 0.6) is 0 Å². The summed E-state index contributed by atoms with van der Waals surface area (Å²) in [6.45, 7) is 5.15. The second-order valence-corrected chi connectivity index (χ2v) is 8.34. The molecule has 2 aliphatic heterocycles. The first kappa shape index (κ1) is 20.4. The zero-order valence-electron chi connectivity index (χ0n) is 18.3. The Morgan fingerprint density at radius 2 is 1.97 bits per heavy atom. The molecule has 0 bridgehead atoms. The van der Waals surface area contributed by atoms with Crippen molar-refractivity contribution < 1.29 is 19.1 Å². The molecule has 0 aromatic heterocycles. The Hall–Kier alpha value is -3.54. The topological polar surface area (TPSA) is 59.1 Å². The average Bonchev–Trinajstić information content (AvgIpc) is 3.34. The van der Waals surface area contributed by atoms with Crippen LogP contribution in [-0.2, 0) is 9.47 Å². The summed E-state index contributed by atoms with van der Waals surface area (Å²) in [5.74, 6) is -0.0244. The number of aryl methyl sites for hydroxylation is 1. The summed E-state index contributed by atoms with van der Waals surface area (Å²) in [6.07, 6.45) is 4.15. The Morgan fingerprint density at radius 3 is 2.69 bits per heavy atom. The third-order valence-corrected chi connectivity index (χ3v) is 6.35. The maximum absolute atomic E-state index is 12.9. The van der Waals surface area contributed by atoms with Crippen molar-refractivity contribution in [3.63, 3.8) is 0 Å². The van der Waals surface area contributed by atoms with Gasteiger partial charge in [0.2, 0.25) is 0 Å². The predicted octanol–water partition coefficient (Wildman–Crippen LogP) is 5.46. The maximum atomic E-state index is 12.9. The predicted molar refractivity (Wildman–Crippen MR) is 121 cm³/mol. The van der Waals surface area contributed by atoms with E-state index in [1.807, 2.05) is 31.3 Å². The Labute approximate surface area is 187 Å². The number of hydrogen-bond acceptors (Lipinski definition) is 4. The van der Waals surface area contributed by atoms with Crippen LogP contribution in [0.25, 0.3) is 0 Å². The van der Waals surface area contributed by atoms with Gasteiger partial charge in [-0.3, -0.25) is 4.90 Å². The lowest BCUT2D eigenvalue weighted by Gasteiger charge is -2.31. The van der Waals surface area contributed by atoms with Crippen molar-refractivity contribution in [1.29, 1.82) is 0 Å². The molecule has 5 rings (SSSR count). The van der Waals surface area contributed by atoms with Crippen molar-refractivity contribution >= 4 is 17.9 Å². The monoisotopic (exact) mass is 430 g/mol. The number of carbonyl (C=O) groups excluding carboxylic acids is 2. The fraction of sp³-hybridized carbons (Fsp3) is 0.308. The molecule has 3 aliphatic rings. The van der Waals surface area contributed by atoms with Crippen molar-refractivity contribution in [2.24, 2.45) is 0 Å². The van der Waals surface area contributed by atoms with Crippen molar-refractivity contribution in [3.05, 3.63) is 88.8 Å². The van der Waals surface area contributed by atoms with Crippen LogP contribution >= 0.6 is 0 Å². The third-order valence-electron chi connectivity index (χ3n) is 6.35. The normalized spacial score (nSPS) is 23.0. The highest BCUT2D eigenvalue weighted by molar-refractivity contribution is 5.96. The standard InChI is InChI=1S/C26H26N2O4/c1-3-31-26(30)28-23-7-5-4-6-20(23)22-14-19(16-27-12-13-32-25(27)29)21(15-24(22)28)18-10-8-17(2)9-11-18/h4-11,15-16,21-22H,3,12-14H2,1-2H3/b19-16-/t21?,22-/m1/s1. The van der Waals surface area contributed by atoms with Gasteiger partial charge in [-0.25, -0.2) is 14.5 Å². The first-order chi connectivity index (χ1) is 15.6. The lowest BCUT2D eigenvalue weighted by Crippen LogP contribution is -2.31. The van der Waals surface area contributed by atoms with Gasteiger partial charge in [0.25, 0.3) is 0 Å². The number of rotatable bonds is 3. The van der Waals surface area contributed by atoms with E-state index < -0.39 is 0 Å². The summed E-state index contributed by atoms with van der Waals surface area (Å²) in [6, 6.07) is 16.4. The van der Waals surface area contributed by atoms with Crippen LogP contribution in [0.15, 0.2) is 72.1 Å². The number of hydrogen-bond donors (Lipinski definition) is 0. The molecule has 0 saturated carbocycles. The van der Waals surface area contributed by atoms with Gasteiger partial charge in [-0.15, -0.1) is 0 Å². The van der Waals surface area contributed by atoms with Crippen molar-refractivity contribution in [1.82, 2.24) is 4.90 Å². The number of ether oxygens (including phenoxy) is 2. The number of allylic oxidation sites excluding steroid dienone is 3. The van der Waals surface area contributed by atoms with Crippen molar-refractivity contribution in [2.75, 3.05) is 24.7 Å². The summed E-state index contributed by atoms with van der Waals surface area (Å²) in [5.41, 5.74) is 6.35. The number of cyclic esters (lactones) is 1. The van der Waals surface area contributed by atoms with E-state index in [1.54, 1.807) is 9.80 Å². The van der Waals surface area contributed by atoms with Crippen molar-refractivity contribution in [3.8, 4) is 0 Å². The summed E-state index contributed by atoms with van der Waals surface area (Å²) in [4.78, 5) is 28.4. The highest BCUT2D eigenvalue weighted by atomic mass is 16.6. The number of para-hydroxylation sites is 1. The Kier molecular flexibility index (Phi) is 5.21. The molecule has 2 atom stereocenters. The molecule has 1 fully saturated rings. The quantitative estimate of drug-likeness (QED) is 0.649. The molecule has 0 N–H and O–H groups in total. The zero-order valence-corrected chi connectivity index (χ0v) is 18.3. The molecule has 164 valence electrons.